The fraction of sp³-hybridized carbons (Fsp3) is 0.667. The molecular weight excluding hydrogens is 170 g/mol. The van der Waals surface area contributed by atoms with Gasteiger partial charge in [-0.3, -0.25) is 0 Å². The first kappa shape index (κ1) is 8.20. The molecule has 2 rings (SSSR count). The smallest absolute Gasteiger partial charge is 0.0897 e. The lowest BCUT2D eigenvalue weighted by atomic mass is 10.0. The summed E-state index contributed by atoms with van der Waals surface area (Å²) in [6.45, 7) is 2.34. The molecule has 0 aliphatic heterocycles. The minimum absolute atomic E-state index is 0.209. The van der Waals surface area contributed by atoms with Gasteiger partial charge < -0.3 is 5.11 Å². The molecule has 0 spiro atoms. The molecule has 3 heteroatoms. The Labute approximate surface area is 76.3 Å². The molecule has 1 aromatic rings. The summed E-state index contributed by atoms with van der Waals surface area (Å²) in [5, 5.41) is 12.3. The molecule has 66 valence electrons. The zero-order valence-electron chi connectivity index (χ0n) is 7.21. The maximum Gasteiger partial charge on any atom is 0.0897 e. The Bertz CT molecular complexity index is 278. The lowest BCUT2D eigenvalue weighted by molar-refractivity contribution is 0.210. The lowest BCUT2D eigenvalue weighted by Crippen LogP contribution is -2.10. The molecule has 1 N–H and O–H groups in total. The first-order chi connectivity index (χ1) is 5.74. The number of aliphatic hydroxyl groups is 1. The molecule has 1 aliphatic rings. The van der Waals surface area contributed by atoms with E-state index in [1.807, 2.05) is 6.92 Å². The second-order valence-electron chi connectivity index (χ2n) is 3.69. The molecule has 1 heterocycles. The zero-order valence-corrected chi connectivity index (χ0v) is 8.02. The monoisotopic (exact) mass is 183 g/mol. The Morgan fingerprint density at radius 1 is 1.67 bits per heavy atom. The summed E-state index contributed by atoms with van der Waals surface area (Å²) in [6, 6.07) is 0. The third-order valence-electron chi connectivity index (χ3n) is 2.52. The van der Waals surface area contributed by atoms with E-state index in [1.54, 1.807) is 11.3 Å². The zero-order chi connectivity index (χ0) is 8.60. The van der Waals surface area contributed by atoms with Crippen molar-refractivity contribution in [2.24, 2.45) is 5.41 Å². The van der Waals surface area contributed by atoms with Crippen LogP contribution in [-0.4, -0.2) is 16.7 Å². The Morgan fingerprint density at radius 2 is 2.42 bits per heavy atom. The number of hydrogen-bond acceptors (Lipinski definition) is 3. The highest BCUT2D eigenvalue weighted by Gasteiger charge is 2.42. The molecule has 1 saturated carbocycles. The van der Waals surface area contributed by atoms with Crippen molar-refractivity contribution in [1.82, 2.24) is 4.98 Å². The predicted molar refractivity (Wildman–Crippen MR) is 49.3 cm³/mol. The van der Waals surface area contributed by atoms with E-state index in [4.69, 9.17) is 5.11 Å². The van der Waals surface area contributed by atoms with Crippen LogP contribution in [-0.2, 0) is 6.42 Å². The van der Waals surface area contributed by atoms with Crippen LogP contribution in [0.1, 0.15) is 23.5 Å². The molecule has 0 amide bonds. The van der Waals surface area contributed by atoms with E-state index in [0.29, 0.717) is 6.61 Å². The van der Waals surface area contributed by atoms with E-state index in [2.05, 4.69) is 10.4 Å². The Balaban J connectivity index is 2.04. The summed E-state index contributed by atoms with van der Waals surface area (Å²) in [5.41, 5.74) is 1.37. The molecule has 0 bridgehead atoms. The van der Waals surface area contributed by atoms with Gasteiger partial charge in [-0.1, -0.05) is 0 Å². The molecule has 2 nitrogen and oxygen atoms in total. The summed E-state index contributed by atoms with van der Waals surface area (Å²) in [6.07, 6.45) is 3.30. The maximum atomic E-state index is 9.10. The molecule has 1 aromatic heterocycles. The molecule has 0 saturated heterocycles. The van der Waals surface area contributed by atoms with Gasteiger partial charge in [-0.05, 0) is 31.6 Å². The van der Waals surface area contributed by atoms with Crippen LogP contribution in [0.3, 0.4) is 0 Å². The van der Waals surface area contributed by atoms with Gasteiger partial charge in [0.1, 0.15) is 0 Å². The number of rotatable bonds is 3. The SMILES string of the molecule is Cc1nc(CC2(CO)CC2)cs1. The summed E-state index contributed by atoms with van der Waals surface area (Å²) in [4.78, 5) is 4.39. The third-order valence-corrected chi connectivity index (χ3v) is 3.34. The van der Waals surface area contributed by atoms with Crippen LogP contribution < -0.4 is 0 Å². The van der Waals surface area contributed by atoms with E-state index >= 15 is 0 Å². The largest absolute Gasteiger partial charge is 0.396 e. The lowest BCUT2D eigenvalue weighted by Gasteiger charge is -2.07. The van der Waals surface area contributed by atoms with Crippen LogP contribution in [0.5, 0.6) is 0 Å². The molecule has 12 heavy (non-hydrogen) atoms. The van der Waals surface area contributed by atoms with Gasteiger partial charge in [-0.15, -0.1) is 11.3 Å². The summed E-state index contributed by atoms with van der Waals surface area (Å²) in [5.74, 6) is 0. The molecule has 0 radical (unpaired) electrons. The quantitative estimate of drug-likeness (QED) is 0.774. The standard InChI is InChI=1S/C9H13NOS/c1-7-10-8(5-12-7)4-9(6-11)2-3-9/h5,11H,2-4,6H2,1H3. The van der Waals surface area contributed by atoms with Crippen molar-refractivity contribution in [1.29, 1.82) is 0 Å². The maximum absolute atomic E-state index is 9.10. The molecule has 1 aliphatic carbocycles. The van der Waals surface area contributed by atoms with Crippen LogP contribution in [0.15, 0.2) is 5.38 Å². The van der Waals surface area contributed by atoms with Gasteiger partial charge in [0.25, 0.3) is 0 Å². The highest BCUT2D eigenvalue weighted by Crippen LogP contribution is 2.47. The van der Waals surface area contributed by atoms with Gasteiger partial charge >= 0.3 is 0 Å². The highest BCUT2D eigenvalue weighted by atomic mass is 32.1. The summed E-state index contributed by atoms with van der Waals surface area (Å²) >= 11 is 1.69. The van der Waals surface area contributed by atoms with Crippen LogP contribution >= 0.6 is 11.3 Å². The van der Waals surface area contributed by atoms with E-state index in [-0.39, 0.29) is 5.41 Å². The van der Waals surface area contributed by atoms with Gasteiger partial charge in [0, 0.05) is 12.0 Å². The number of aliphatic hydroxyl groups excluding tert-OH is 1. The number of aromatic nitrogens is 1. The van der Waals surface area contributed by atoms with Gasteiger partial charge in [0.05, 0.1) is 10.7 Å². The fourth-order valence-electron chi connectivity index (χ4n) is 1.44. The number of aryl methyl sites for hydroxylation is 1. The topological polar surface area (TPSA) is 33.1 Å². The van der Waals surface area contributed by atoms with E-state index in [1.165, 1.54) is 12.8 Å². The van der Waals surface area contributed by atoms with Gasteiger partial charge in [0.15, 0.2) is 0 Å². The summed E-state index contributed by atoms with van der Waals surface area (Å²) < 4.78 is 0. The normalized spacial score (nSPS) is 19.5. The van der Waals surface area contributed by atoms with Crippen LogP contribution in [0.2, 0.25) is 0 Å². The van der Waals surface area contributed by atoms with Crippen LogP contribution in [0.4, 0.5) is 0 Å². The molecule has 0 aromatic carbocycles. The number of hydrogen-bond donors (Lipinski definition) is 1. The first-order valence-corrected chi connectivity index (χ1v) is 5.14. The third kappa shape index (κ3) is 1.52. The number of thiazole rings is 1. The molecular formula is C9H13NOS. The second-order valence-corrected chi connectivity index (χ2v) is 4.75. The van der Waals surface area contributed by atoms with Crippen LogP contribution in [0.25, 0.3) is 0 Å². The molecule has 1 fully saturated rings. The minimum atomic E-state index is 0.209. The molecule has 0 atom stereocenters. The average Bonchev–Trinajstić information content (AvgIpc) is 2.71. The second kappa shape index (κ2) is 2.82. The fourth-order valence-corrected chi connectivity index (χ4v) is 2.05. The predicted octanol–water partition coefficient (Wildman–Crippen LogP) is 1.77. The van der Waals surface area contributed by atoms with Crippen molar-refractivity contribution >= 4 is 11.3 Å². The Kier molecular flexibility index (Phi) is 1.93. The van der Waals surface area contributed by atoms with Gasteiger partial charge in [-0.25, -0.2) is 4.98 Å². The summed E-state index contributed by atoms with van der Waals surface area (Å²) in [7, 11) is 0. The van der Waals surface area contributed by atoms with E-state index < -0.39 is 0 Å². The van der Waals surface area contributed by atoms with Crippen molar-refractivity contribution in [2.45, 2.75) is 26.2 Å². The van der Waals surface area contributed by atoms with Gasteiger partial charge in [0.2, 0.25) is 0 Å². The van der Waals surface area contributed by atoms with Crippen molar-refractivity contribution in [3.8, 4) is 0 Å². The molecule has 0 unspecified atom stereocenters. The average molecular weight is 183 g/mol. The first-order valence-electron chi connectivity index (χ1n) is 4.26. The minimum Gasteiger partial charge on any atom is -0.396 e. The Hall–Kier alpha value is -0.410. The van der Waals surface area contributed by atoms with E-state index in [0.717, 1.165) is 17.1 Å². The van der Waals surface area contributed by atoms with Crippen molar-refractivity contribution in [2.75, 3.05) is 6.61 Å². The van der Waals surface area contributed by atoms with Crippen molar-refractivity contribution in [3.05, 3.63) is 16.1 Å². The number of nitrogens with zero attached hydrogens (tertiary/aromatic N) is 1. The van der Waals surface area contributed by atoms with Crippen molar-refractivity contribution in [3.63, 3.8) is 0 Å². The van der Waals surface area contributed by atoms with E-state index in [9.17, 15) is 0 Å². The highest BCUT2D eigenvalue weighted by molar-refractivity contribution is 7.09. The van der Waals surface area contributed by atoms with Crippen LogP contribution in [0, 0.1) is 12.3 Å². The van der Waals surface area contributed by atoms with Crippen molar-refractivity contribution < 1.29 is 5.11 Å². The Morgan fingerprint density at radius 3 is 2.83 bits per heavy atom. The van der Waals surface area contributed by atoms with Gasteiger partial charge in [-0.2, -0.15) is 0 Å².